The van der Waals surface area contributed by atoms with Crippen molar-refractivity contribution in [3.8, 4) is 0 Å². The van der Waals surface area contributed by atoms with Crippen molar-refractivity contribution in [2.45, 2.75) is 17.1 Å². The summed E-state index contributed by atoms with van der Waals surface area (Å²) in [5.74, 6) is 0.581. The molecule has 114 valence electrons. The smallest absolute Gasteiger partial charge is 0.271 e. The summed E-state index contributed by atoms with van der Waals surface area (Å²) in [5, 5.41) is 0.385. The van der Waals surface area contributed by atoms with Gasteiger partial charge in [0.15, 0.2) is 0 Å². The summed E-state index contributed by atoms with van der Waals surface area (Å²) in [6, 6.07) is 8.72. The van der Waals surface area contributed by atoms with Gasteiger partial charge in [-0.05, 0) is 52.5 Å². The maximum absolute atomic E-state index is 12.3. The molecule has 0 atom stereocenters. The van der Waals surface area contributed by atoms with Gasteiger partial charge in [-0.25, -0.2) is 8.42 Å². The van der Waals surface area contributed by atoms with Crippen LogP contribution in [-0.2, 0) is 16.4 Å². The number of alkyl halides is 1. The van der Waals surface area contributed by atoms with Crippen LogP contribution in [0, 0.1) is 0 Å². The van der Waals surface area contributed by atoms with Gasteiger partial charge >= 0.3 is 0 Å². The molecular formula is C13H12BrCl2NO2S2. The third kappa shape index (κ3) is 4.60. The lowest BCUT2D eigenvalue weighted by atomic mass is 10.1. The van der Waals surface area contributed by atoms with Crippen LogP contribution in [0.1, 0.15) is 12.0 Å². The fraction of sp³-hybridized carbons (Fsp3) is 0.231. The van der Waals surface area contributed by atoms with Crippen LogP contribution in [-0.4, -0.2) is 14.3 Å². The minimum absolute atomic E-state index is 0.172. The lowest BCUT2D eigenvalue weighted by Crippen LogP contribution is -2.11. The van der Waals surface area contributed by atoms with E-state index in [0.29, 0.717) is 20.4 Å². The highest BCUT2D eigenvalue weighted by atomic mass is 79.9. The molecule has 0 amide bonds. The number of halogens is 3. The van der Waals surface area contributed by atoms with Crippen molar-refractivity contribution < 1.29 is 8.42 Å². The standard InChI is InChI=1S/C13H12BrCl2NO2S2/c14-13-11(16)8-12(20-13)21(18,19)17-10-5-1-3-9(7-10)4-2-6-15/h1,3,5,7-8,17H,2,4,6H2. The number of benzene rings is 1. The molecule has 1 heterocycles. The summed E-state index contributed by atoms with van der Waals surface area (Å²) >= 11 is 15.8. The van der Waals surface area contributed by atoms with Crippen LogP contribution >= 0.6 is 50.5 Å². The Morgan fingerprint density at radius 3 is 2.67 bits per heavy atom. The second kappa shape index (κ2) is 7.33. The van der Waals surface area contributed by atoms with Crippen LogP contribution in [0.25, 0.3) is 0 Å². The average molecular weight is 429 g/mol. The van der Waals surface area contributed by atoms with E-state index in [1.807, 2.05) is 18.2 Å². The third-order valence-electron chi connectivity index (χ3n) is 2.67. The predicted octanol–water partition coefficient (Wildman–Crippen LogP) is 5.14. The van der Waals surface area contributed by atoms with Gasteiger partial charge in [0.25, 0.3) is 10.0 Å². The Kier molecular flexibility index (Phi) is 5.96. The molecule has 2 rings (SSSR count). The number of rotatable bonds is 6. The van der Waals surface area contributed by atoms with Crippen LogP contribution in [0.2, 0.25) is 5.02 Å². The van der Waals surface area contributed by atoms with Gasteiger partial charge in [0.2, 0.25) is 0 Å². The summed E-state index contributed by atoms with van der Waals surface area (Å²) in [5.41, 5.74) is 1.57. The van der Waals surface area contributed by atoms with Crippen molar-refractivity contribution in [3.63, 3.8) is 0 Å². The lowest BCUT2D eigenvalue weighted by Gasteiger charge is -2.08. The first-order valence-electron chi connectivity index (χ1n) is 6.05. The third-order valence-corrected chi connectivity index (χ3v) is 7.26. The molecule has 0 aliphatic carbocycles. The first kappa shape index (κ1) is 17.1. The summed E-state index contributed by atoms with van der Waals surface area (Å²) in [7, 11) is -3.62. The van der Waals surface area contributed by atoms with Gasteiger partial charge in [-0.3, -0.25) is 4.72 Å². The predicted molar refractivity (Wildman–Crippen MR) is 93.3 cm³/mol. The fourth-order valence-corrected chi connectivity index (χ4v) is 5.31. The highest BCUT2D eigenvalue weighted by Crippen LogP contribution is 2.35. The molecule has 0 saturated heterocycles. The number of sulfonamides is 1. The molecule has 21 heavy (non-hydrogen) atoms. The van der Waals surface area contributed by atoms with E-state index in [1.54, 1.807) is 6.07 Å². The zero-order chi connectivity index (χ0) is 15.5. The van der Waals surface area contributed by atoms with Crippen LogP contribution in [0.3, 0.4) is 0 Å². The lowest BCUT2D eigenvalue weighted by molar-refractivity contribution is 0.603. The molecule has 0 bridgehead atoms. The van der Waals surface area contributed by atoms with E-state index >= 15 is 0 Å². The maximum Gasteiger partial charge on any atom is 0.271 e. The number of hydrogen-bond donors (Lipinski definition) is 1. The van der Waals surface area contributed by atoms with E-state index in [9.17, 15) is 8.42 Å². The van der Waals surface area contributed by atoms with Crippen molar-refractivity contribution in [2.75, 3.05) is 10.6 Å². The molecule has 2 aromatic rings. The molecule has 0 aliphatic rings. The van der Waals surface area contributed by atoms with Gasteiger partial charge in [0.1, 0.15) is 4.21 Å². The van der Waals surface area contributed by atoms with Crippen LogP contribution in [0.4, 0.5) is 5.69 Å². The second-order valence-corrected chi connectivity index (χ2v) is 9.35. The van der Waals surface area contributed by atoms with E-state index in [-0.39, 0.29) is 4.21 Å². The zero-order valence-corrected chi connectivity index (χ0v) is 15.5. The summed E-state index contributed by atoms with van der Waals surface area (Å²) in [6.07, 6.45) is 1.67. The first-order valence-corrected chi connectivity index (χ1v) is 10.1. The van der Waals surface area contributed by atoms with Gasteiger partial charge in [-0.1, -0.05) is 23.7 Å². The Morgan fingerprint density at radius 2 is 2.05 bits per heavy atom. The topological polar surface area (TPSA) is 46.2 Å². The largest absolute Gasteiger partial charge is 0.279 e. The first-order chi connectivity index (χ1) is 9.92. The molecule has 1 N–H and O–H groups in total. The molecule has 3 nitrogen and oxygen atoms in total. The Balaban J connectivity index is 2.20. The van der Waals surface area contributed by atoms with Crippen LogP contribution in [0.5, 0.6) is 0 Å². The van der Waals surface area contributed by atoms with Gasteiger partial charge in [0.05, 0.1) is 8.81 Å². The highest BCUT2D eigenvalue weighted by molar-refractivity contribution is 9.11. The van der Waals surface area contributed by atoms with Crippen molar-refractivity contribution >= 4 is 66.2 Å². The van der Waals surface area contributed by atoms with Crippen molar-refractivity contribution in [1.29, 1.82) is 0 Å². The Labute approximate surface area is 146 Å². The van der Waals surface area contributed by atoms with Gasteiger partial charge in [0, 0.05) is 11.6 Å². The average Bonchev–Trinajstić information content (AvgIpc) is 2.77. The molecule has 0 radical (unpaired) electrons. The maximum atomic E-state index is 12.3. The monoisotopic (exact) mass is 427 g/mol. The molecule has 0 fully saturated rings. The van der Waals surface area contributed by atoms with Gasteiger partial charge < -0.3 is 0 Å². The highest BCUT2D eigenvalue weighted by Gasteiger charge is 2.19. The Morgan fingerprint density at radius 1 is 1.29 bits per heavy atom. The van der Waals surface area contributed by atoms with E-state index in [2.05, 4.69) is 20.7 Å². The number of anilines is 1. The van der Waals surface area contributed by atoms with Crippen molar-refractivity contribution in [2.24, 2.45) is 0 Å². The van der Waals surface area contributed by atoms with Crippen molar-refractivity contribution in [1.82, 2.24) is 0 Å². The number of nitrogens with one attached hydrogen (secondary N) is 1. The van der Waals surface area contributed by atoms with Crippen molar-refractivity contribution in [3.05, 3.63) is 44.7 Å². The van der Waals surface area contributed by atoms with E-state index in [1.165, 1.54) is 6.07 Å². The molecule has 0 aliphatic heterocycles. The minimum Gasteiger partial charge on any atom is -0.279 e. The summed E-state index contributed by atoms with van der Waals surface area (Å²) in [4.78, 5) is 0. The van der Waals surface area contributed by atoms with Crippen LogP contribution < -0.4 is 4.72 Å². The molecule has 0 spiro atoms. The number of aryl methyl sites for hydroxylation is 1. The van der Waals surface area contributed by atoms with E-state index < -0.39 is 10.0 Å². The SMILES string of the molecule is O=S(=O)(Nc1cccc(CCCCl)c1)c1cc(Cl)c(Br)s1. The number of thiophene rings is 1. The van der Waals surface area contributed by atoms with Crippen LogP contribution in [0.15, 0.2) is 38.3 Å². The molecule has 1 aromatic heterocycles. The zero-order valence-electron chi connectivity index (χ0n) is 10.8. The molecule has 1 aromatic carbocycles. The molecule has 0 unspecified atom stereocenters. The fourth-order valence-electron chi connectivity index (χ4n) is 1.73. The summed E-state index contributed by atoms with van der Waals surface area (Å²) in [6.45, 7) is 0. The van der Waals surface area contributed by atoms with E-state index in [4.69, 9.17) is 23.2 Å². The normalized spacial score (nSPS) is 11.6. The Hall–Kier alpha value is -0.270. The number of hydrogen-bond acceptors (Lipinski definition) is 3. The minimum atomic E-state index is -3.62. The van der Waals surface area contributed by atoms with Gasteiger partial charge in [-0.2, -0.15) is 0 Å². The molecule has 8 heteroatoms. The molecular weight excluding hydrogens is 417 g/mol. The Bertz CT molecular complexity index is 712. The summed E-state index contributed by atoms with van der Waals surface area (Å²) < 4.78 is 27.9. The second-order valence-electron chi connectivity index (χ2n) is 4.29. The molecule has 0 saturated carbocycles. The van der Waals surface area contributed by atoms with Gasteiger partial charge in [-0.15, -0.1) is 22.9 Å². The van der Waals surface area contributed by atoms with E-state index in [0.717, 1.165) is 29.7 Å². The quantitative estimate of drug-likeness (QED) is 0.647.